The maximum atomic E-state index is 4.04. The zero-order valence-electron chi connectivity index (χ0n) is 7.77. The Labute approximate surface area is 70.1 Å². The van der Waals surface area contributed by atoms with Crippen LogP contribution in [0, 0.1) is 0 Å². The van der Waals surface area contributed by atoms with Gasteiger partial charge in [0.25, 0.3) is 0 Å². The first-order chi connectivity index (χ1) is 5.24. The van der Waals surface area contributed by atoms with E-state index in [0.29, 0.717) is 0 Å². The van der Waals surface area contributed by atoms with Gasteiger partial charge in [-0.05, 0) is 32.7 Å². The van der Waals surface area contributed by atoms with Crippen molar-refractivity contribution in [1.82, 2.24) is 4.90 Å². The molecule has 0 aliphatic carbocycles. The Bertz CT molecular complexity index is 140. The summed E-state index contributed by atoms with van der Waals surface area (Å²) in [4.78, 5) is 2.53. The minimum absolute atomic E-state index is 0.743. The van der Waals surface area contributed by atoms with Crippen LogP contribution in [0.5, 0.6) is 0 Å². The van der Waals surface area contributed by atoms with Gasteiger partial charge in [-0.25, -0.2) is 0 Å². The van der Waals surface area contributed by atoms with Crippen LogP contribution in [-0.4, -0.2) is 24.0 Å². The molecule has 0 amide bonds. The van der Waals surface area contributed by atoms with Gasteiger partial charge in [-0.1, -0.05) is 19.1 Å². The highest BCUT2D eigenvalue weighted by atomic mass is 15.2. The van der Waals surface area contributed by atoms with Crippen molar-refractivity contribution in [1.29, 1.82) is 0 Å². The molecule has 1 fully saturated rings. The van der Waals surface area contributed by atoms with Crippen LogP contribution >= 0.6 is 0 Å². The van der Waals surface area contributed by atoms with Crippen LogP contribution in [0.15, 0.2) is 12.2 Å². The summed E-state index contributed by atoms with van der Waals surface area (Å²) in [5.41, 5.74) is 1.41. The Hall–Kier alpha value is -0.300. The molecule has 1 atom stereocenters. The van der Waals surface area contributed by atoms with Gasteiger partial charge in [0.1, 0.15) is 0 Å². The van der Waals surface area contributed by atoms with Crippen molar-refractivity contribution in [2.24, 2.45) is 0 Å². The predicted octanol–water partition coefficient (Wildman–Crippen LogP) is 2.44. The molecular weight excluding hydrogens is 134 g/mol. The van der Waals surface area contributed by atoms with Gasteiger partial charge in [0, 0.05) is 12.6 Å². The van der Waals surface area contributed by atoms with Crippen LogP contribution in [-0.2, 0) is 0 Å². The predicted molar refractivity (Wildman–Crippen MR) is 49.7 cm³/mol. The van der Waals surface area contributed by atoms with E-state index in [2.05, 4.69) is 25.3 Å². The van der Waals surface area contributed by atoms with Crippen molar-refractivity contribution in [3.05, 3.63) is 12.2 Å². The van der Waals surface area contributed by atoms with Gasteiger partial charge in [0.15, 0.2) is 0 Å². The summed E-state index contributed by atoms with van der Waals surface area (Å²) in [6.45, 7) is 11.0. The molecule has 64 valence electrons. The standard InChI is InChI=1S/C10H19N/c1-4-10(3)11-7-5-6-9(2)8-11/h10H,2,4-8H2,1,3H3. The summed E-state index contributed by atoms with van der Waals surface area (Å²) in [5.74, 6) is 0. The van der Waals surface area contributed by atoms with Gasteiger partial charge in [0.2, 0.25) is 0 Å². The summed E-state index contributed by atoms with van der Waals surface area (Å²) >= 11 is 0. The fourth-order valence-corrected chi connectivity index (χ4v) is 1.61. The Kier molecular flexibility index (Phi) is 3.13. The van der Waals surface area contributed by atoms with E-state index >= 15 is 0 Å². The van der Waals surface area contributed by atoms with Crippen LogP contribution in [0.4, 0.5) is 0 Å². The van der Waals surface area contributed by atoms with Crippen molar-refractivity contribution in [2.75, 3.05) is 13.1 Å². The van der Waals surface area contributed by atoms with E-state index in [9.17, 15) is 0 Å². The molecule has 0 aromatic heterocycles. The van der Waals surface area contributed by atoms with E-state index in [-0.39, 0.29) is 0 Å². The molecule has 0 aromatic carbocycles. The lowest BCUT2D eigenvalue weighted by Gasteiger charge is -2.32. The molecule has 0 bridgehead atoms. The fourth-order valence-electron chi connectivity index (χ4n) is 1.61. The highest BCUT2D eigenvalue weighted by molar-refractivity contribution is 5.01. The minimum atomic E-state index is 0.743. The molecule has 11 heavy (non-hydrogen) atoms. The maximum absolute atomic E-state index is 4.04. The summed E-state index contributed by atoms with van der Waals surface area (Å²) in [6.07, 6.45) is 3.81. The Morgan fingerprint density at radius 3 is 2.91 bits per heavy atom. The lowest BCUT2D eigenvalue weighted by molar-refractivity contribution is 0.199. The Balaban J connectivity index is 2.39. The summed E-state index contributed by atoms with van der Waals surface area (Å²) < 4.78 is 0. The number of hydrogen-bond donors (Lipinski definition) is 0. The lowest BCUT2D eigenvalue weighted by atomic mass is 10.0. The van der Waals surface area contributed by atoms with Crippen molar-refractivity contribution in [3.63, 3.8) is 0 Å². The van der Waals surface area contributed by atoms with Crippen LogP contribution in [0.3, 0.4) is 0 Å². The zero-order chi connectivity index (χ0) is 8.27. The number of rotatable bonds is 2. The summed E-state index contributed by atoms with van der Waals surface area (Å²) in [7, 11) is 0. The molecule has 1 saturated heterocycles. The van der Waals surface area contributed by atoms with Crippen molar-refractivity contribution >= 4 is 0 Å². The fraction of sp³-hybridized carbons (Fsp3) is 0.800. The second-order valence-electron chi connectivity index (χ2n) is 3.58. The van der Waals surface area contributed by atoms with Gasteiger partial charge in [-0.3, -0.25) is 4.90 Å². The number of hydrogen-bond acceptors (Lipinski definition) is 1. The van der Waals surface area contributed by atoms with E-state index in [4.69, 9.17) is 0 Å². The van der Waals surface area contributed by atoms with Gasteiger partial charge < -0.3 is 0 Å². The van der Waals surface area contributed by atoms with Crippen molar-refractivity contribution < 1.29 is 0 Å². The molecule has 0 spiro atoms. The molecule has 0 N–H and O–H groups in total. The Morgan fingerprint density at radius 1 is 1.64 bits per heavy atom. The van der Waals surface area contributed by atoms with E-state index in [0.717, 1.165) is 12.6 Å². The monoisotopic (exact) mass is 153 g/mol. The van der Waals surface area contributed by atoms with Gasteiger partial charge in [0.05, 0.1) is 0 Å². The maximum Gasteiger partial charge on any atom is 0.0192 e. The molecule has 0 radical (unpaired) electrons. The third-order valence-electron chi connectivity index (χ3n) is 2.62. The van der Waals surface area contributed by atoms with Crippen LogP contribution < -0.4 is 0 Å². The van der Waals surface area contributed by atoms with Crippen LogP contribution in [0.2, 0.25) is 0 Å². The summed E-state index contributed by atoms with van der Waals surface area (Å²) in [6, 6.07) is 0.743. The molecule has 1 rings (SSSR count). The second kappa shape index (κ2) is 3.91. The summed E-state index contributed by atoms with van der Waals surface area (Å²) in [5, 5.41) is 0. The molecule has 1 unspecified atom stereocenters. The van der Waals surface area contributed by atoms with Gasteiger partial charge in [-0.15, -0.1) is 0 Å². The molecule has 1 heterocycles. The van der Waals surface area contributed by atoms with E-state index in [1.807, 2.05) is 0 Å². The quantitative estimate of drug-likeness (QED) is 0.551. The van der Waals surface area contributed by atoms with E-state index < -0.39 is 0 Å². The molecule has 1 heteroatoms. The molecule has 0 aromatic rings. The first-order valence-electron chi connectivity index (χ1n) is 4.64. The highest BCUT2D eigenvalue weighted by Crippen LogP contribution is 2.16. The normalized spacial score (nSPS) is 23.6. The third-order valence-corrected chi connectivity index (χ3v) is 2.62. The molecular formula is C10H19N. The number of nitrogens with zero attached hydrogens (tertiary/aromatic N) is 1. The molecule has 1 aliphatic rings. The van der Waals surface area contributed by atoms with E-state index in [1.165, 1.54) is 31.4 Å². The Morgan fingerprint density at radius 2 is 2.36 bits per heavy atom. The zero-order valence-corrected chi connectivity index (χ0v) is 7.77. The van der Waals surface area contributed by atoms with Gasteiger partial charge in [-0.2, -0.15) is 0 Å². The topological polar surface area (TPSA) is 3.24 Å². The first kappa shape index (κ1) is 8.79. The minimum Gasteiger partial charge on any atom is -0.297 e. The molecule has 0 saturated carbocycles. The van der Waals surface area contributed by atoms with Crippen LogP contribution in [0.25, 0.3) is 0 Å². The lowest BCUT2D eigenvalue weighted by Crippen LogP contribution is -2.37. The van der Waals surface area contributed by atoms with E-state index in [1.54, 1.807) is 0 Å². The third kappa shape index (κ3) is 2.33. The second-order valence-corrected chi connectivity index (χ2v) is 3.58. The van der Waals surface area contributed by atoms with Crippen molar-refractivity contribution in [2.45, 2.75) is 39.2 Å². The largest absolute Gasteiger partial charge is 0.297 e. The number of likely N-dealkylation sites (tertiary alicyclic amines) is 1. The molecule has 1 nitrogen and oxygen atoms in total. The average Bonchev–Trinajstić information content (AvgIpc) is 2.03. The number of piperidine rings is 1. The first-order valence-corrected chi connectivity index (χ1v) is 4.64. The average molecular weight is 153 g/mol. The van der Waals surface area contributed by atoms with Crippen LogP contribution in [0.1, 0.15) is 33.1 Å². The SMILES string of the molecule is C=C1CCCN(C(C)CC)C1. The van der Waals surface area contributed by atoms with Crippen molar-refractivity contribution in [3.8, 4) is 0 Å². The smallest absolute Gasteiger partial charge is 0.0192 e. The molecule has 1 aliphatic heterocycles. The highest BCUT2D eigenvalue weighted by Gasteiger charge is 2.16. The van der Waals surface area contributed by atoms with Gasteiger partial charge >= 0.3 is 0 Å².